The maximum Gasteiger partial charge on any atom is 0.243 e. The highest BCUT2D eigenvalue weighted by Gasteiger charge is 2.38. The van der Waals surface area contributed by atoms with E-state index >= 15 is 0 Å². The number of benzene rings is 1. The van der Waals surface area contributed by atoms with Crippen molar-refractivity contribution >= 4 is 37.6 Å². The molecule has 3 nitrogen and oxygen atoms in total. The average molecular weight is 381 g/mol. The molecular formula is C14H19BrClNO2S. The van der Waals surface area contributed by atoms with Gasteiger partial charge in [0, 0.05) is 22.9 Å². The van der Waals surface area contributed by atoms with Gasteiger partial charge in [0.05, 0.1) is 4.90 Å². The molecule has 0 atom stereocenters. The molecule has 0 spiro atoms. The van der Waals surface area contributed by atoms with Crippen molar-refractivity contribution in [1.29, 1.82) is 0 Å². The van der Waals surface area contributed by atoms with Crippen molar-refractivity contribution in [3.05, 3.63) is 27.7 Å². The third kappa shape index (κ3) is 3.21. The largest absolute Gasteiger partial charge is 0.243 e. The lowest BCUT2D eigenvalue weighted by Gasteiger charge is -2.23. The fraction of sp³-hybridized carbons (Fsp3) is 0.571. The maximum absolute atomic E-state index is 12.9. The molecule has 0 unspecified atom stereocenters. The van der Waals surface area contributed by atoms with Gasteiger partial charge in [0.25, 0.3) is 0 Å². The van der Waals surface area contributed by atoms with Crippen LogP contribution < -0.4 is 0 Å². The molecule has 0 saturated heterocycles. The standard InChI is InChI=1S/C14H19BrClNO2S/c1-3-6-17(12-4-5-12)20(18,19)14-8-11(9-16)7-13(15)10(14)2/h7-8,12H,3-6,9H2,1-2H3. The minimum Gasteiger partial charge on any atom is -0.207 e. The van der Waals surface area contributed by atoms with E-state index in [0.29, 0.717) is 17.3 Å². The Morgan fingerprint density at radius 3 is 2.55 bits per heavy atom. The molecule has 1 aliphatic carbocycles. The van der Waals surface area contributed by atoms with Crippen LogP contribution in [0, 0.1) is 6.92 Å². The molecule has 1 aromatic rings. The van der Waals surface area contributed by atoms with Gasteiger partial charge < -0.3 is 0 Å². The number of hydrogen-bond acceptors (Lipinski definition) is 2. The number of halogens is 2. The number of sulfonamides is 1. The summed E-state index contributed by atoms with van der Waals surface area (Å²) in [6, 6.07) is 3.76. The molecular weight excluding hydrogens is 362 g/mol. The Kier molecular flexibility index (Phi) is 5.16. The van der Waals surface area contributed by atoms with E-state index < -0.39 is 10.0 Å². The van der Waals surface area contributed by atoms with Crippen LogP contribution in [0.25, 0.3) is 0 Å². The molecule has 0 heterocycles. The van der Waals surface area contributed by atoms with Gasteiger partial charge in [-0.1, -0.05) is 22.9 Å². The van der Waals surface area contributed by atoms with Crippen LogP contribution in [0.5, 0.6) is 0 Å². The summed E-state index contributed by atoms with van der Waals surface area (Å²) in [6.45, 7) is 4.41. The van der Waals surface area contributed by atoms with E-state index in [-0.39, 0.29) is 6.04 Å². The summed E-state index contributed by atoms with van der Waals surface area (Å²) in [5, 5.41) is 0. The fourth-order valence-corrected chi connectivity index (χ4v) is 5.13. The quantitative estimate of drug-likeness (QED) is 0.698. The molecule has 1 saturated carbocycles. The second-order valence-corrected chi connectivity index (χ2v) is 8.16. The summed E-state index contributed by atoms with van der Waals surface area (Å²) < 4.78 is 28.3. The summed E-state index contributed by atoms with van der Waals surface area (Å²) in [4.78, 5) is 0.378. The zero-order valence-electron chi connectivity index (χ0n) is 11.7. The first-order valence-corrected chi connectivity index (χ1v) is 9.55. The maximum atomic E-state index is 12.9. The van der Waals surface area contributed by atoms with Crippen LogP contribution in [0.15, 0.2) is 21.5 Å². The first-order chi connectivity index (χ1) is 9.41. The van der Waals surface area contributed by atoms with Gasteiger partial charge in [0.1, 0.15) is 0 Å². The minimum atomic E-state index is -3.44. The highest BCUT2D eigenvalue weighted by molar-refractivity contribution is 9.10. The molecule has 0 aliphatic heterocycles. The first kappa shape index (κ1) is 16.3. The van der Waals surface area contributed by atoms with E-state index in [0.717, 1.165) is 34.9 Å². The zero-order chi connectivity index (χ0) is 14.9. The van der Waals surface area contributed by atoms with E-state index in [4.69, 9.17) is 11.6 Å². The van der Waals surface area contributed by atoms with Crippen molar-refractivity contribution in [3.8, 4) is 0 Å². The van der Waals surface area contributed by atoms with Gasteiger partial charge in [-0.05, 0) is 49.4 Å². The summed E-state index contributed by atoms with van der Waals surface area (Å²) in [6.07, 6.45) is 2.76. The van der Waals surface area contributed by atoms with Crippen molar-refractivity contribution in [2.45, 2.75) is 49.9 Å². The van der Waals surface area contributed by atoms with Crippen molar-refractivity contribution in [2.75, 3.05) is 6.54 Å². The van der Waals surface area contributed by atoms with Crippen LogP contribution in [0.1, 0.15) is 37.3 Å². The summed E-state index contributed by atoms with van der Waals surface area (Å²) >= 11 is 9.29. The Bertz CT molecular complexity index is 599. The van der Waals surface area contributed by atoms with Gasteiger partial charge in [0.2, 0.25) is 10.0 Å². The van der Waals surface area contributed by atoms with E-state index in [1.54, 1.807) is 10.4 Å². The number of alkyl halides is 1. The van der Waals surface area contributed by atoms with Gasteiger partial charge >= 0.3 is 0 Å². The summed E-state index contributed by atoms with van der Waals surface area (Å²) in [5.41, 5.74) is 1.57. The third-order valence-corrected chi connectivity index (χ3v) is 6.71. The van der Waals surface area contributed by atoms with Gasteiger partial charge in [-0.2, -0.15) is 4.31 Å². The highest BCUT2D eigenvalue weighted by atomic mass is 79.9. The van der Waals surface area contributed by atoms with Crippen LogP contribution >= 0.6 is 27.5 Å². The summed E-state index contributed by atoms with van der Waals surface area (Å²) in [5.74, 6) is 0.304. The Labute approximate surface area is 134 Å². The molecule has 0 amide bonds. The molecule has 6 heteroatoms. The monoisotopic (exact) mass is 379 g/mol. The van der Waals surface area contributed by atoms with Crippen LogP contribution in [0.3, 0.4) is 0 Å². The van der Waals surface area contributed by atoms with E-state index in [1.807, 2.05) is 19.9 Å². The molecule has 0 aromatic heterocycles. The first-order valence-electron chi connectivity index (χ1n) is 6.78. The normalized spacial score (nSPS) is 15.8. The summed E-state index contributed by atoms with van der Waals surface area (Å²) in [7, 11) is -3.44. The van der Waals surface area contributed by atoms with E-state index in [9.17, 15) is 8.42 Å². The van der Waals surface area contributed by atoms with Crippen LogP contribution in [-0.4, -0.2) is 25.3 Å². The molecule has 0 radical (unpaired) electrons. The molecule has 1 aliphatic rings. The zero-order valence-corrected chi connectivity index (χ0v) is 14.9. The second-order valence-electron chi connectivity index (χ2n) is 5.18. The third-order valence-electron chi connectivity index (χ3n) is 3.50. The molecule has 1 aromatic carbocycles. The Morgan fingerprint density at radius 1 is 1.40 bits per heavy atom. The second kappa shape index (κ2) is 6.34. The van der Waals surface area contributed by atoms with E-state index in [1.165, 1.54) is 0 Å². The van der Waals surface area contributed by atoms with Crippen LogP contribution in [0.4, 0.5) is 0 Å². The Balaban J connectivity index is 2.49. The average Bonchev–Trinajstić information content (AvgIpc) is 3.22. The molecule has 0 N–H and O–H groups in total. The van der Waals surface area contributed by atoms with Gasteiger partial charge in [-0.15, -0.1) is 11.6 Å². The number of nitrogens with zero attached hydrogens (tertiary/aromatic N) is 1. The van der Waals surface area contributed by atoms with Crippen molar-refractivity contribution < 1.29 is 8.42 Å². The van der Waals surface area contributed by atoms with Crippen LogP contribution in [-0.2, 0) is 15.9 Å². The lowest BCUT2D eigenvalue weighted by molar-refractivity contribution is 0.403. The molecule has 0 bridgehead atoms. The molecule has 1 fully saturated rings. The predicted molar refractivity (Wildman–Crippen MR) is 85.6 cm³/mol. The topological polar surface area (TPSA) is 37.4 Å². The van der Waals surface area contributed by atoms with Gasteiger partial charge in [-0.3, -0.25) is 0 Å². The Morgan fingerprint density at radius 2 is 2.05 bits per heavy atom. The lowest BCUT2D eigenvalue weighted by atomic mass is 10.2. The number of rotatable bonds is 6. The van der Waals surface area contributed by atoms with E-state index in [2.05, 4.69) is 15.9 Å². The van der Waals surface area contributed by atoms with Crippen LogP contribution in [0.2, 0.25) is 0 Å². The highest BCUT2D eigenvalue weighted by Crippen LogP contribution is 2.35. The van der Waals surface area contributed by atoms with Crippen molar-refractivity contribution in [2.24, 2.45) is 0 Å². The van der Waals surface area contributed by atoms with Gasteiger partial charge in [0.15, 0.2) is 0 Å². The minimum absolute atomic E-state index is 0.179. The lowest BCUT2D eigenvalue weighted by Crippen LogP contribution is -2.34. The fourth-order valence-electron chi connectivity index (χ4n) is 2.26. The molecule has 20 heavy (non-hydrogen) atoms. The van der Waals surface area contributed by atoms with Crippen molar-refractivity contribution in [1.82, 2.24) is 4.31 Å². The molecule has 112 valence electrons. The van der Waals surface area contributed by atoms with Crippen molar-refractivity contribution in [3.63, 3.8) is 0 Å². The molecule has 2 rings (SSSR count). The SMILES string of the molecule is CCCN(C1CC1)S(=O)(=O)c1cc(CCl)cc(Br)c1C. The Hall–Kier alpha value is -0.100. The number of hydrogen-bond donors (Lipinski definition) is 0. The smallest absolute Gasteiger partial charge is 0.207 e. The van der Waals surface area contributed by atoms with Gasteiger partial charge in [-0.25, -0.2) is 8.42 Å². The predicted octanol–water partition coefficient (Wildman–Crippen LogP) is 4.06.